The molecule has 0 bridgehead atoms. The Hall–Kier alpha value is -3.08. The van der Waals surface area contributed by atoms with E-state index in [1.165, 1.54) is 11.1 Å². The fraction of sp³-hybridized carbons (Fsp3) is 0.273. The average molecular weight is 364 g/mol. The number of Topliss-reactive ketones (excluding diaryl/α,β-unsaturated/α-hetero) is 1. The second-order valence-electron chi connectivity index (χ2n) is 6.97. The highest BCUT2D eigenvalue weighted by Gasteiger charge is 2.19. The quantitative estimate of drug-likeness (QED) is 0.506. The van der Waals surface area contributed by atoms with E-state index in [0.29, 0.717) is 11.3 Å². The van der Waals surface area contributed by atoms with Crippen LogP contribution in [0.5, 0.6) is 0 Å². The van der Waals surface area contributed by atoms with E-state index in [9.17, 15) is 9.59 Å². The number of carbonyl (C=O) groups excluding carboxylic acids is 2. The number of ketones is 1. The monoisotopic (exact) mass is 364 g/mol. The Morgan fingerprint density at radius 1 is 1.00 bits per heavy atom. The molecule has 2 aromatic heterocycles. The van der Waals surface area contributed by atoms with Crippen molar-refractivity contribution >= 4 is 11.8 Å². The zero-order chi connectivity index (χ0) is 19.7. The third kappa shape index (κ3) is 3.72. The number of esters is 1. The van der Waals surface area contributed by atoms with Crippen LogP contribution in [-0.4, -0.2) is 27.5 Å². The number of hydrogen-bond donors (Lipinski definition) is 0. The third-order valence-electron chi connectivity index (χ3n) is 4.68. The fourth-order valence-electron chi connectivity index (χ4n) is 3.48. The first-order valence-electron chi connectivity index (χ1n) is 8.87. The van der Waals surface area contributed by atoms with Crippen LogP contribution in [0.15, 0.2) is 42.6 Å². The molecule has 3 aromatic rings. The number of hydrogen-bond acceptors (Lipinski definition) is 3. The van der Waals surface area contributed by atoms with E-state index >= 15 is 0 Å². The summed E-state index contributed by atoms with van der Waals surface area (Å²) in [6.45, 7) is 7.72. The van der Waals surface area contributed by atoms with Crippen molar-refractivity contribution in [2.75, 3.05) is 6.61 Å². The molecule has 140 valence electrons. The van der Waals surface area contributed by atoms with Crippen LogP contribution in [0.1, 0.15) is 43.4 Å². The second kappa shape index (κ2) is 7.27. The van der Waals surface area contributed by atoms with Crippen molar-refractivity contribution in [3.63, 3.8) is 0 Å². The highest BCUT2D eigenvalue weighted by Crippen LogP contribution is 2.23. The van der Waals surface area contributed by atoms with E-state index in [1.54, 1.807) is 29.9 Å². The van der Waals surface area contributed by atoms with Gasteiger partial charge in [0.1, 0.15) is 5.69 Å². The molecule has 0 aliphatic rings. The highest BCUT2D eigenvalue weighted by molar-refractivity contribution is 6.00. The van der Waals surface area contributed by atoms with E-state index in [-0.39, 0.29) is 12.4 Å². The van der Waals surface area contributed by atoms with Crippen LogP contribution >= 0.6 is 0 Å². The Kier molecular flexibility index (Phi) is 5.04. The molecule has 27 heavy (non-hydrogen) atoms. The molecule has 5 heteroatoms. The molecule has 0 amide bonds. The number of aryl methyl sites for hydroxylation is 4. The molecule has 0 radical (unpaired) electrons. The van der Waals surface area contributed by atoms with E-state index in [4.69, 9.17) is 4.74 Å². The fourth-order valence-corrected chi connectivity index (χ4v) is 3.48. The highest BCUT2D eigenvalue weighted by atomic mass is 16.5. The number of nitrogens with zero attached hydrogens (tertiary/aromatic N) is 2. The topological polar surface area (TPSA) is 53.2 Å². The number of rotatable bonds is 5. The van der Waals surface area contributed by atoms with E-state index in [2.05, 4.69) is 36.6 Å². The molecule has 0 unspecified atom stereocenters. The van der Waals surface area contributed by atoms with Gasteiger partial charge in [-0.15, -0.1) is 0 Å². The van der Waals surface area contributed by atoms with Gasteiger partial charge in [-0.2, -0.15) is 0 Å². The first-order chi connectivity index (χ1) is 12.8. The van der Waals surface area contributed by atoms with Crippen molar-refractivity contribution in [2.45, 2.75) is 27.7 Å². The first kappa shape index (κ1) is 18.7. The van der Waals surface area contributed by atoms with Gasteiger partial charge < -0.3 is 13.9 Å². The molecular weight excluding hydrogens is 340 g/mol. The average Bonchev–Trinajstić information content (AvgIpc) is 3.14. The van der Waals surface area contributed by atoms with Crippen molar-refractivity contribution in [1.82, 2.24) is 9.13 Å². The van der Waals surface area contributed by atoms with Gasteiger partial charge in [-0.25, -0.2) is 4.79 Å². The Morgan fingerprint density at radius 3 is 2.26 bits per heavy atom. The molecule has 0 saturated heterocycles. The van der Waals surface area contributed by atoms with Crippen molar-refractivity contribution in [1.29, 1.82) is 0 Å². The van der Waals surface area contributed by atoms with Gasteiger partial charge >= 0.3 is 5.97 Å². The molecule has 1 aromatic carbocycles. The van der Waals surface area contributed by atoms with Gasteiger partial charge in [0, 0.05) is 35.9 Å². The van der Waals surface area contributed by atoms with Crippen molar-refractivity contribution < 1.29 is 14.3 Å². The minimum Gasteiger partial charge on any atom is -0.453 e. The summed E-state index contributed by atoms with van der Waals surface area (Å²) < 4.78 is 8.94. The normalized spacial score (nSPS) is 10.9. The minimum atomic E-state index is -0.501. The van der Waals surface area contributed by atoms with Gasteiger partial charge in [-0.3, -0.25) is 4.79 Å². The van der Waals surface area contributed by atoms with Crippen LogP contribution in [0.3, 0.4) is 0 Å². The number of ether oxygens (including phenoxy) is 1. The van der Waals surface area contributed by atoms with E-state index in [0.717, 1.165) is 17.1 Å². The minimum absolute atomic E-state index is 0.207. The summed E-state index contributed by atoms with van der Waals surface area (Å²) in [6.07, 6.45) is 1.76. The van der Waals surface area contributed by atoms with Gasteiger partial charge in [-0.1, -0.05) is 6.07 Å². The van der Waals surface area contributed by atoms with Gasteiger partial charge in [0.2, 0.25) is 5.78 Å². The van der Waals surface area contributed by atoms with Crippen molar-refractivity contribution in [3.05, 3.63) is 76.4 Å². The molecule has 0 spiro atoms. The lowest BCUT2D eigenvalue weighted by atomic mass is 10.1. The molecular formula is C22H24N2O3. The van der Waals surface area contributed by atoms with Gasteiger partial charge in [0.05, 0.1) is 0 Å². The van der Waals surface area contributed by atoms with Gasteiger partial charge in [0.15, 0.2) is 6.61 Å². The van der Waals surface area contributed by atoms with Crippen LogP contribution < -0.4 is 0 Å². The molecule has 5 nitrogen and oxygen atoms in total. The van der Waals surface area contributed by atoms with Crippen molar-refractivity contribution in [2.24, 2.45) is 7.05 Å². The molecule has 0 fully saturated rings. The summed E-state index contributed by atoms with van der Waals surface area (Å²) in [5.74, 6) is -0.708. The Labute approximate surface area is 159 Å². The van der Waals surface area contributed by atoms with E-state index in [1.807, 2.05) is 19.9 Å². The lowest BCUT2D eigenvalue weighted by molar-refractivity contribution is 0.0465. The molecule has 0 atom stereocenters. The van der Waals surface area contributed by atoms with Crippen LogP contribution in [0.4, 0.5) is 0 Å². The van der Waals surface area contributed by atoms with E-state index < -0.39 is 5.97 Å². The Balaban J connectivity index is 1.82. The predicted molar refractivity (Wildman–Crippen MR) is 105 cm³/mol. The summed E-state index contributed by atoms with van der Waals surface area (Å²) in [6, 6.07) is 11.6. The molecule has 3 rings (SSSR count). The zero-order valence-electron chi connectivity index (χ0n) is 16.4. The zero-order valence-corrected chi connectivity index (χ0v) is 16.4. The smallest absolute Gasteiger partial charge is 0.355 e. The maximum Gasteiger partial charge on any atom is 0.355 e. The largest absolute Gasteiger partial charge is 0.453 e. The SMILES string of the molecule is Cc1cc(C)cc(-n2c(C)cc(C(=O)COC(=O)c3cccn3C)c2C)c1. The predicted octanol–water partition coefficient (Wildman–Crippen LogP) is 4.09. The lowest BCUT2D eigenvalue weighted by Crippen LogP contribution is -2.16. The Bertz CT molecular complexity index is 1000. The maximum atomic E-state index is 12.7. The molecule has 0 aliphatic heterocycles. The van der Waals surface area contributed by atoms with Gasteiger partial charge in [-0.05, 0) is 69.2 Å². The molecule has 2 heterocycles. The second-order valence-corrected chi connectivity index (χ2v) is 6.97. The summed E-state index contributed by atoms with van der Waals surface area (Å²) in [5, 5.41) is 0. The summed E-state index contributed by atoms with van der Waals surface area (Å²) in [7, 11) is 1.76. The summed E-state index contributed by atoms with van der Waals surface area (Å²) in [4.78, 5) is 24.8. The maximum absolute atomic E-state index is 12.7. The summed E-state index contributed by atoms with van der Waals surface area (Å²) in [5.41, 5.74) is 6.17. The number of aromatic nitrogens is 2. The first-order valence-corrected chi connectivity index (χ1v) is 8.87. The van der Waals surface area contributed by atoms with Crippen LogP contribution in [0.25, 0.3) is 5.69 Å². The van der Waals surface area contributed by atoms with Crippen LogP contribution in [0, 0.1) is 27.7 Å². The Morgan fingerprint density at radius 2 is 1.67 bits per heavy atom. The van der Waals surface area contributed by atoms with Crippen LogP contribution in [0.2, 0.25) is 0 Å². The third-order valence-corrected chi connectivity index (χ3v) is 4.68. The molecule has 0 aliphatic carbocycles. The summed E-state index contributed by atoms with van der Waals surface area (Å²) >= 11 is 0. The lowest BCUT2D eigenvalue weighted by Gasteiger charge is -2.12. The van der Waals surface area contributed by atoms with Crippen LogP contribution in [-0.2, 0) is 11.8 Å². The number of benzene rings is 1. The molecule has 0 N–H and O–H groups in total. The van der Waals surface area contributed by atoms with Gasteiger partial charge in [0.25, 0.3) is 0 Å². The van der Waals surface area contributed by atoms with Crippen molar-refractivity contribution in [3.8, 4) is 5.69 Å². The standard InChI is InChI=1S/C22H24N2O3/c1-14-9-15(2)11-18(10-14)24-16(3)12-19(17(24)4)21(25)13-27-22(26)20-7-6-8-23(20)5/h6-12H,13H2,1-5H3. The number of carbonyl (C=O) groups is 2. The molecule has 0 saturated carbocycles.